The van der Waals surface area contributed by atoms with Gasteiger partial charge >= 0.3 is 0 Å². The van der Waals surface area contributed by atoms with Crippen LogP contribution in [-0.4, -0.2) is 0 Å². The normalized spacial score (nSPS) is 12.8. The molecule has 0 bridgehead atoms. The van der Waals surface area contributed by atoms with Gasteiger partial charge in [0, 0.05) is 38.5 Å². The topological polar surface area (TPSA) is 29.5 Å². The summed E-state index contributed by atoms with van der Waals surface area (Å²) in [6, 6.07) is 85.3. The second-order valence-corrected chi connectivity index (χ2v) is 16.7. The molecule has 0 amide bonds. The molecule has 0 saturated heterocycles. The molecule has 0 atom stereocenters. The summed E-state index contributed by atoms with van der Waals surface area (Å²) in [5, 5.41) is 4.51. The monoisotopic (exact) mass is 817 g/mol. The SMILES string of the molecule is c1ccc(C2(c3ccccc3)c3ccccc3-c3c(N(c4ccc(-c5cccc6oc7ccccc7c56)cc4)c4ccc(-c5cccc6oc7ccccc7c56)cc4)cccc32)cc1. The highest BCUT2D eigenvalue weighted by atomic mass is 16.3. The Hall–Kier alpha value is -8.40. The predicted molar refractivity (Wildman–Crippen MR) is 264 cm³/mol. The van der Waals surface area contributed by atoms with Crippen LogP contribution in [0.25, 0.3) is 77.3 Å². The van der Waals surface area contributed by atoms with Gasteiger partial charge in [-0.1, -0.05) is 182 Å². The smallest absolute Gasteiger partial charge is 0.136 e. The summed E-state index contributed by atoms with van der Waals surface area (Å²) < 4.78 is 12.6. The third-order valence-electron chi connectivity index (χ3n) is 13.4. The van der Waals surface area contributed by atoms with E-state index >= 15 is 0 Å². The van der Waals surface area contributed by atoms with Gasteiger partial charge in [-0.15, -0.1) is 0 Å². The van der Waals surface area contributed by atoms with Crippen LogP contribution in [0.4, 0.5) is 17.1 Å². The van der Waals surface area contributed by atoms with Crippen LogP contribution in [0.3, 0.4) is 0 Å². The molecule has 0 fully saturated rings. The average molecular weight is 818 g/mol. The number of fused-ring (bicyclic) bond motifs is 9. The van der Waals surface area contributed by atoms with Gasteiger partial charge in [-0.3, -0.25) is 0 Å². The lowest BCUT2D eigenvalue weighted by atomic mass is 9.68. The Morgan fingerprint density at radius 2 is 0.734 bits per heavy atom. The Morgan fingerprint density at radius 1 is 0.312 bits per heavy atom. The molecule has 0 unspecified atom stereocenters. The van der Waals surface area contributed by atoms with Gasteiger partial charge in [-0.25, -0.2) is 0 Å². The van der Waals surface area contributed by atoms with Gasteiger partial charge in [-0.05, 0) is 105 Å². The molecule has 3 nitrogen and oxygen atoms in total. The zero-order valence-corrected chi connectivity index (χ0v) is 34.8. The lowest BCUT2D eigenvalue weighted by molar-refractivity contribution is 0.668. The lowest BCUT2D eigenvalue weighted by Gasteiger charge is -2.34. The second kappa shape index (κ2) is 14.3. The van der Waals surface area contributed by atoms with E-state index in [9.17, 15) is 0 Å². The first-order chi connectivity index (χ1) is 31.8. The zero-order chi connectivity index (χ0) is 42.2. The highest BCUT2D eigenvalue weighted by Gasteiger charge is 2.47. The number of benzene rings is 10. The third-order valence-corrected chi connectivity index (χ3v) is 13.4. The Morgan fingerprint density at radius 3 is 1.28 bits per heavy atom. The molecule has 2 aromatic heterocycles. The predicted octanol–water partition coefficient (Wildman–Crippen LogP) is 16.7. The first-order valence-corrected chi connectivity index (χ1v) is 21.9. The molecule has 0 radical (unpaired) electrons. The van der Waals surface area contributed by atoms with E-state index in [0.717, 1.165) is 83.2 Å². The Bertz CT molecular complexity index is 3520. The van der Waals surface area contributed by atoms with E-state index in [2.05, 4.69) is 217 Å². The van der Waals surface area contributed by atoms with Crippen molar-refractivity contribution >= 4 is 60.9 Å². The maximum atomic E-state index is 6.31. The van der Waals surface area contributed by atoms with Gasteiger partial charge in [-0.2, -0.15) is 0 Å². The van der Waals surface area contributed by atoms with Crippen molar-refractivity contribution in [3.63, 3.8) is 0 Å². The molecular formula is C61H39NO2. The average Bonchev–Trinajstić information content (AvgIpc) is 4.04. The van der Waals surface area contributed by atoms with E-state index in [0.29, 0.717) is 0 Å². The van der Waals surface area contributed by atoms with Gasteiger partial charge in [0.1, 0.15) is 22.3 Å². The summed E-state index contributed by atoms with van der Waals surface area (Å²) in [7, 11) is 0. The number of hydrogen-bond acceptors (Lipinski definition) is 3. The summed E-state index contributed by atoms with van der Waals surface area (Å²) in [6.07, 6.45) is 0. The fraction of sp³-hybridized carbons (Fsp3) is 0.0164. The van der Waals surface area contributed by atoms with Gasteiger partial charge in [0.05, 0.1) is 11.1 Å². The van der Waals surface area contributed by atoms with Crippen molar-refractivity contribution < 1.29 is 8.83 Å². The number of anilines is 3. The van der Waals surface area contributed by atoms with Crippen LogP contribution >= 0.6 is 0 Å². The standard InChI is InChI=1S/C61H39NO2/c1-3-16-42(17-4-1)61(43-18-5-2-6-19-43)51-25-10-7-20-48(51)60-52(61)26-15-27-53(60)62(44-36-32-40(33-37-44)46-23-13-30-56-58(46)49-21-8-11-28-54(49)63-56)45-38-34-41(35-39-45)47-24-14-31-57-59(47)50-22-9-12-29-55(50)64-57/h1-39H. The Balaban J connectivity index is 1.03. The van der Waals surface area contributed by atoms with Crippen LogP contribution in [0.5, 0.6) is 0 Å². The molecule has 12 aromatic rings. The molecule has 2 heterocycles. The quantitative estimate of drug-likeness (QED) is 0.160. The maximum absolute atomic E-state index is 6.31. The summed E-state index contributed by atoms with van der Waals surface area (Å²) >= 11 is 0. The Kier molecular flexibility index (Phi) is 8.13. The van der Waals surface area contributed by atoms with Crippen molar-refractivity contribution in [1.82, 2.24) is 0 Å². The van der Waals surface area contributed by atoms with Crippen molar-refractivity contribution in [3.05, 3.63) is 259 Å². The number of nitrogens with zero attached hydrogens (tertiary/aromatic N) is 1. The van der Waals surface area contributed by atoms with Crippen molar-refractivity contribution in [2.45, 2.75) is 5.41 Å². The van der Waals surface area contributed by atoms with Crippen LogP contribution < -0.4 is 4.90 Å². The molecule has 13 rings (SSSR count). The van der Waals surface area contributed by atoms with Crippen LogP contribution in [-0.2, 0) is 5.41 Å². The summed E-state index contributed by atoms with van der Waals surface area (Å²) in [5.74, 6) is 0. The largest absolute Gasteiger partial charge is 0.456 e. The molecule has 0 spiro atoms. The van der Waals surface area contributed by atoms with Gasteiger partial charge in [0.25, 0.3) is 0 Å². The molecule has 10 aromatic carbocycles. The molecule has 1 aliphatic carbocycles. The van der Waals surface area contributed by atoms with E-state index in [4.69, 9.17) is 8.83 Å². The fourth-order valence-electron chi connectivity index (χ4n) is 10.7. The van der Waals surface area contributed by atoms with E-state index in [-0.39, 0.29) is 0 Å². The first-order valence-electron chi connectivity index (χ1n) is 21.9. The first kappa shape index (κ1) is 36.3. The van der Waals surface area contributed by atoms with Crippen LogP contribution in [0.1, 0.15) is 22.3 Å². The van der Waals surface area contributed by atoms with Crippen molar-refractivity contribution in [2.24, 2.45) is 0 Å². The highest BCUT2D eigenvalue weighted by molar-refractivity contribution is 6.13. The van der Waals surface area contributed by atoms with Crippen molar-refractivity contribution in [1.29, 1.82) is 0 Å². The molecule has 1 aliphatic rings. The fourth-order valence-corrected chi connectivity index (χ4v) is 10.7. The summed E-state index contributed by atoms with van der Waals surface area (Å²) in [4.78, 5) is 2.44. The number of rotatable bonds is 7. The lowest BCUT2D eigenvalue weighted by Crippen LogP contribution is -2.28. The second-order valence-electron chi connectivity index (χ2n) is 16.7. The number of hydrogen-bond donors (Lipinski definition) is 0. The van der Waals surface area contributed by atoms with Crippen molar-refractivity contribution in [2.75, 3.05) is 4.90 Å². The van der Waals surface area contributed by atoms with Crippen LogP contribution in [0.2, 0.25) is 0 Å². The van der Waals surface area contributed by atoms with Gasteiger partial charge in [0.2, 0.25) is 0 Å². The number of para-hydroxylation sites is 2. The molecule has 3 heteroatoms. The maximum Gasteiger partial charge on any atom is 0.136 e. The highest BCUT2D eigenvalue weighted by Crippen LogP contribution is 2.59. The minimum absolute atomic E-state index is 0.526. The minimum Gasteiger partial charge on any atom is -0.456 e. The number of furan rings is 2. The summed E-state index contributed by atoms with van der Waals surface area (Å²) in [6.45, 7) is 0. The summed E-state index contributed by atoms with van der Waals surface area (Å²) in [5.41, 5.74) is 18.3. The zero-order valence-electron chi connectivity index (χ0n) is 34.8. The molecular weight excluding hydrogens is 779 g/mol. The van der Waals surface area contributed by atoms with Crippen molar-refractivity contribution in [3.8, 4) is 33.4 Å². The van der Waals surface area contributed by atoms with Gasteiger partial charge in [0.15, 0.2) is 0 Å². The molecule has 64 heavy (non-hydrogen) atoms. The minimum atomic E-state index is -0.526. The third kappa shape index (κ3) is 5.34. The van der Waals surface area contributed by atoms with Gasteiger partial charge < -0.3 is 13.7 Å². The molecule has 0 saturated carbocycles. The van der Waals surface area contributed by atoms with E-state index in [1.807, 2.05) is 24.3 Å². The molecule has 0 aliphatic heterocycles. The van der Waals surface area contributed by atoms with Crippen LogP contribution in [0.15, 0.2) is 245 Å². The molecule has 300 valence electrons. The van der Waals surface area contributed by atoms with E-state index in [1.165, 1.54) is 33.4 Å². The van der Waals surface area contributed by atoms with E-state index < -0.39 is 5.41 Å². The Labute approximate surface area is 370 Å². The van der Waals surface area contributed by atoms with E-state index in [1.54, 1.807) is 0 Å². The molecule has 0 N–H and O–H groups in total. The van der Waals surface area contributed by atoms with Crippen LogP contribution in [0, 0.1) is 0 Å².